The second-order valence-electron chi connectivity index (χ2n) is 5.34. The minimum Gasteiger partial charge on any atom is -0.341 e. The molecular formula is C15H20BrClN4. The molecule has 0 saturated carbocycles. The summed E-state index contributed by atoms with van der Waals surface area (Å²) in [6.07, 6.45) is 1.92. The first kappa shape index (κ1) is 16.5. The lowest BCUT2D eigenvalue weighted by Gasteiger charge is -2.31. The van der Waals surface area contributed by atoms with Gasteiger partial charge < -0.3 is 10.3 Å². The van der Waals surface area contributed by atoms with E-state index in [1.54, 1.807) is 0 Å². The number of nitrogens with one attached hydrogen (secondary N) is 2. The van der Waals surface area contributed by atoms with Gasteiger partial charge in [0.05, 0.1) is 18.4 Å². The number of nitrogens with zero attached hydrogens (tertiary/aromatic N) is 2. The average molecular weight is 372 g/mol. The summed E-state index contributed by atoms with van der Waals surface area (Å²) in [6.45, 7) is 6.33. The van der Waals surface area contributed by atoms with Crippen LogP contribution in [0.2, 0.25) is 0 Å². The van der Waals surface area contributed by atoms with Crippen LogP contribution < -0.4 is 5.32 Å². The van der Waals surface area contributed by atoms with E-state index in [9.17, 15) is 0 Å². The smallest absolute Gasteiger partial charge is 0.120 e. The zero-order chi connectivity index (χ0) is 13.9. The van der Waals surface area contributed by atoms with Gasteiger partial charge in [-0.3, -0.25) is 4.90 Å². The molecule has 0 radical (unpaired) electrons. The van der Waals surface area contributed by atoms with Crippen LogP contribution in [0.25, 0.3) is 11.3 Å². The maximum atomic E-state index is 4.51. The fourth-order valence-corrected chi connectivity index (χ4v) is 3.01. The van der Waals surface area contributed by atoms with Crippen LogP contribution in [0.15, 0.2) is 34.9 Å². The third kappa shape index (κ3) is 4.30. The highest BCUT2D eigenvalue weighted by Gasteiger charge is 2.16. The summed E-state index contributed by atoms with van der Waals surface area (Å²) < 4.78 is 1.09. The van der Waals surface area contributed by atoms with Gasteiger partial charge in [0.15, 0.2) is 0 Å². The minimum absolute atomic E-state index is 0. The van der Waals surface area contributed by atoms with Crippen molar-refractivity contribution < 1.29 is 0 Å². The molecule has 3 rings (SSSR count). The normalized spacial score (nSPS) is 19.2. The van der Waals surface area contributed by atoms with Gasteiger partial charge in [-0.1, -0.05) is 28.1 Å². The Morgan fingerprint density at radius 1 is 1.43 bits per heavy atom. The lowest BCUT2D eigenvalue weighted by atomic mass is 10.2. The van der Waals surface area contributed by atoms with Crippen molar-refractivity contribution in [1.82, 2.24) is 20.2 Å². The van der Waals surface area contributed by atoms with Gasteiger partial charge in [0.1, 0.15) is 5.82 Å². The van der Waals surface area contributed by atoms with Crippen molar-refractivity contribution in [2.75, 3.05) is 19.6 Å². The molecule has 1 atom stereocenters. The number of H-pyrrole nitrogens is 1. The Morgan fingerprint density at radius 3 is 3.05 bits per heavy atom. The number of aromatic nitrogens is 2. The molecule has 0 aliphatic carbocycles. The first-order valence-corrected chi connectivity index (χ1v) is 7.75. The van der Waals surface area contributed by atoms with Crippen molar-refractivity contribution in [2.45, 2.75) is 19.5 Å². The number of piperazine rings is 1. The Labute approximate surface area is 139 Å². The Bertz CT molecular complexity index is 587. The highest BCUT2D eigenvalue weighted by atomic mass is 79.9. The average Bonchev–Trinajstić information content (AvgIpc) is 2.87. The number of hydrogen-bond donors (Lipinski definition) is 2. The second kappa shape index (κ2) is 7.40. The zero-order valence-corrected chi connectivity index (χ0v) is 14.4. The molecular weight excluding hydrogens is 352 g/mol. The molecule has 1 aliphatic rings. The summed E-state index contributed by atoms with van der Waals surface area (Å²) in [5.41, 5.74) is 2.23. The Kier molecular flexibility index (Phi) is 5.81. The fourth-order valence-electron chi connectivity index (χ4n) is 2.61. The Morgan fingerprint density at radius 2 is 2.29 bits per heavy atom. The van der Waals surface area contributed by atoms with Crippen molar-refractivity contribution >= 4 is 28.3 Å². The van der Waals surface area contributed by atoms with Crippen molar-refractivity contribution in [3.05, 3.63) is 40.8 Å². The lowest BCUT2D eigenvalue weighted by Crippen LogP contribution is -2.48. The molecule has 1 saturated heterocycles. The van der Waals surface area contributed by atoms with Crippen LogP contribution in [0, 0.1) is 0 Å². The highest BCUT2D eigenvalue weighted by molar-refractivity contribution is 9.10. The molecule has 1 fully saturated rings. The maximum Gasteiger partial charge on any atom is 0.120 e. The van der Waals surface area contributed by atoms with E-state index in [-0.39, 0.29) is 12.4 Å². The van der Waals surface area contributed by atoms with E-state index in [1.165, 1.54) is 0 Å². The van der Waals surface area contributed by atoms with Crippen molar-refractivity contribution in [2.24, 2.45) is 0 Å². The van der Waals surface area contributed by atoms with Gasteiger partial charge in [0, 0.05) is 35.7 Å². The SMILES string of the molecule is C[C@@H]1CN(Cc2ncc(-c3cccc(Br)c3)[nH]2)CCN1.Cl. The molecule has 0 unspecified atom stereocenters. The molecule has 2 aromatic rings. The summed E-state index contributed by atoms with van der Waals surface area (Å²) in [5, 5.41) is 3.46. The van der Waals surface area contributed by atoms with Gasteiger partial charge in [-0.2, -0.15) is 0 Å². The molecule has 4 nitrogen and oxygen atoms in total. The Balaban J connectivity index is 0.00000161. The molecule has 2 heterocycles. The van der Waals surface area contributed by atoms with Crippen molar-refractivity contribution in [3.63, 3.8) is 0 Å². The fraction of sp³-hybridized carbons (Fsp3) is 0.400. The first-order valence-electron chi connectivity index (χ1n) is 6.96. The van der Waals surface area contributed by atoms with Crippen molar-refractivity contribution in [3.8, 4) is 11.3 Å². The van der Waals surface area contributed by atoms with E-state index >= 15 is 0 Å². The van der Waals surface area contributed by atoms with Gasteiger partial charge in [-0.25, -0.2) is 4.98 Å². The third-order valence-corrected chi connectivity index (χ3v) is 4.08. The van der Waals surface area contributed by atoms with Crippen LogP contribution in [0.4, 0.5) is 0 Å². The quantitative estimate of drug-likeness (QED) is 0.871. The third-order valence-electron chi connectivity index (χ3n) is 3.59. The van der Waals surface area contributed by atoms with E-state index in [1.807, 2.05) is 18.3 Å². The van der Waals surface area contributed by atoms with Crippen LogP contribution in [0.1, 0.15) is 12.7 Å². The number of halogens is 2. The predicted molar refractivity (Wildman–Crippen MR) is 91.7 cm³/mol. The molecule has 2 N–H and O–H groups in total. The highest BCUT2D eigenvalue weighted by Crippen LogP contribution is 2.21. The van der Waals surface area contributed by atoms with E-state index < -0.39 is 0 Å². The number of aromatic amines is 1. The monoisotopic (exact) mass is 370 g/mol. The van der Waals surface area contributed by atoms with Crippen LogP contribution >= 0.6 is 28.3 Å². The van der Waals surface area contributed by atoms with Crippen LogP contribution in [-0.2, 0) is 6.54 Å². The molecule has 0 spiro atoms. The van der Waals surface area contributed by atoms with E-state index in [0.29, 0.717) is 6.04 Å². The van der Waals surface area contributed by atoms with Crippen LogP contribution in [0.5, 0.6) is 0 Å². The molecule has 1 aliphatic heterocycles. The maximum absolute atomic E-state index is 4.51. The molecule has 0 bridgehead atoms. The second-order valence-corrected chi connectivity index (χ2v) is 6.26. The lowest BCUT2D eigenvalue weighted by molar-refractivity contribution is 0.196. The van der Waals surface area contributed by atoms with Gasteiger partial charge in [0.2, 0.25) is 0 Å². The topological polar surface area (TPSA) is 44.0 Å². The van der Waals surface area contributed by atoms with Crippen LogP contribution in [-0.4, -0.2) is 40.5 Å². The minimum atomic E-state index is 0. The summed E-state index contributed by atoms with van der Waals surface area (Å²) in [6, 6.07) is 8.82. The standard InChI is InChI=1S/C15H19BrN4.ClH/c1-11-9-20(6-5-17-11)10-15-18-8-14(19-15)12-3-2-4-13(16)7-12;/h2-4,7-8,11,17H,5-6,9-10H2,1H3,(H,18,19);1H/t11-;/m1./s1. The van der Waals surface area contributed by atoms with Crippen LogP contribution in [0.3, 0.4) is 0 Å². The number of hydrogen-bond acceptors (Lipinski definition) is 3. The summed E-state index contributed by atoms with van der Waals surface area (Å²) in [7, 11) is 0. The molecule has 1 aromatic carbocycles. The summed E-state index contributed by atoms with van der Waals surface area (Å²) in [4.78, 5) is 10.4. The van der Waals surface area contributed by atoms with E-state index in [2.05, 4.69) is 55.2 Å². The predicted octanol–water partition coefficient (Wildman–Crippen LogP) is 3.05. The van der Waals surface area contributed by atoms with Gasteiger partial charge in [-0.05, 0) is 19.1 Å². The summed E-state index contributed by atoms with van der Waals surface area (Å²) >= 11 is 3.50. The van der Waals surface area contributed by atoms with Gasteiger partial charge in [-0.15, -0.1) is 12.4 Å². The molecule has 6 heteroatoms. The van der Waals surface area contributed by atoms with E-state index in [4.69, 9.17) is 0 Å². The van der Waals surface area contributed by atoms with Crippen molar-refractivity contribution in [1.29, 1.82) is 0 Å². The van der Waals surface area contributed by atoms with Gasteiger partial charge in [0.25, 0.3) is 0 Å². The largest absolute Gasteiger partial charge is 0.341 e. The number of benzene rings is 1. The van der Waals surface area contributed by atoms with Gasteiger partial charge >= 0.3 is 0 Å². The molecule has 0 amide bonds. The Hall–Kier alpha value is -0.880. The molecule has 1 aromatic heterocycles. The zero-order valence-electron chi connectivity index (χ0n) is 12.0. The molecule has 114 valence electrons. The summed E-state index contributed by atoms with van der Waals surface area (Å²) in [5.74, 6) is 1.04. The molecule has 21 heavy (non-hydrogen) atoms. The number of rotatable bonds is 3. The number of imidazole rings is 1. The first-order chi connectivity index (χ1) is 9.70. The van der Waals surface area contributed by atoms with E-state index in [0.717, 1.165) is 47.7 Å².